The number of rotatable bonds is 2. The van der Waals surface area contributed by atoms with Crippen molar-refractivity contribution in [3.05, 3.63) is 22.6 Å². The third-order valence-electron chi connectivity index (χ3n) is 2.17. The lowest BCUT2D eigenvalue weighted by Crippen LogP contribution is -1.80. The summed E-state index contributed by atoms with van der Waals surface area (Å²) < 4.78 is 11.1. The van der Waals surface area contributed by atoms with Gasteiger partial charge in [-0.2, -0.15) is 4.98 Å². The van der Waals surface area contributed by atoms with Crippen LogP contribution < -0.4 is 0 Å². The minimum atomic E-state index is 0.456. The van der Waals surface area contributed by atoms with Gasteiger partial charge in [0.1, 0.15) is 0 Å². The van der Waals surface area contributed by atoms with Crippen LogP contribution in [-0.2, 0) is 0 Å². The van der Waals surface area contributed by atoms with Crippen LogP contribution in [0.2, 0.25) is 0 Å². The minimum absolute atomic E-state index is 0.456. The standard InChI is InChI=1S/C9H7BrN2O2/c10-7-4-3-6(13-7)9-11-8(12-14-9)5-1-2-5/h3-5H,1-2H2. The molecule has 0 aliphatic heterocycles. The molecule has 1 aliphatic rings. The van der Waals surface area contributed by atoms with Crippen molar-refractivity contribution in [2.24, 2.45) is 0 Å². The van der Waals surface area contributed by atoms with Gasteiger partial charge in [-0.05, 0) is 40.9 Å². The molecule has 2 heterocycles. The molecule has 0 atom stereocenters. The number of nitrogens with zero attached hydrogens (tertiary/aromatic N) is 2. The topological polar surface area (TPSA) is 52.1 Å². The van der Waals surface area contributed by atoms with Crippen molar-refractivity contribution in [3.63, 3.8) is 0 Å². The minimum Gasteiger partial charge on any atom is -0.444 e. The summed E-state index contributed by atoms with van der Waals surface area (Å²) in [6, 6.07) is 3.60. The van der Waals surface area contributed by atoms with Crippen molar-refractivity contribution in [1.82, 2.24) is 10.1 Å². The van der Waals surface area contributed by atoms with Crippen molar-refractivity contribution < 1.29 is 8.94 Å². The Balaban J connectivity index is 1.95. The van der Waals surface area contributed by atoms with Crippen LogP contribution in [0.5, 0.6) is 0 Å². The first-order chi connectivity index (χ1) is 6.83. The van der Waals surface area contributed by atoms with Crippen LogP contribution in [0.15, 0.2) is 25.7 Å². The number of furan rings is 1. The largest absolute Gasteiger partial charge is 0.444 e. The summed E-state index contributed by atoms with van der Waals surface area (Å²) in [5.41, 5.74) is 0. The van der Waals surface area contributed by atoms with E-state index in [0.29, 0.717) is 22.2 Å². The van der Waals surface area contributed by atoms with E-state index in [-0.39, 0.29) is 0 Å². The van der Waals surface area contributed by atoms with E-state index in [0.717, 1.165) is 5.82 Å². The molecule has 1 saturated carbocycles. The summed E-state index contributed by atoms with van der Waals surface area (Å²) in [7, 11) is 0. The van der Waals surface area contributed by atoms with Crippen LogP contribution in [0.1, 0.15) is 24.6 Å². The molecule has 0 unspecified atom stereocenters. The van der Waals surface area contributed by atoms with Crippen molar-refractivity contribution in [2.45, 2.75) is 18.8 Å². The number of hydrogen-bond donors (Lipinski definition) is 0. The maximum absolute atomic E-state index is 5.30. The maximum Gasteiger partial charge on any atom is 0.293 e. The first-order valence-corrected chi connectivity index (χ1v) is 5.21. The quantitative estimate of drug-likeness (QED) is 0.827. The predicted molar refractivity (Wildman–Crippen MR) is 51.7 cm³/mol. The zero-order chi connectivity index (χ0) is 9.54. The highest BCUT2D eigenvalue weighted by Crippen LogP contribution is 2.39. The van der Waals surface area contributed by atoms with Gasteiger partial charge < -0.3 is 8.94 Å². The van der Waals surface area contributed by atoms with E-state index in [9.17, 15) is 0 Å². The molecule has 4 nitrogen and oxygen atoms in total. The Hall–Kier alpha value is -1.10. The second-order valence-electron chi connectivity index (χ2n) is 3.34. The molecule has 1 aliphatic carbocycles. The third-order valence-corrected chi connectivity index (χ3v) is 2.59. The van der Waals surface area contributed by atoms with Crippen LogP contribution in [0, 0.1) is 0 Å². The molecule has 0 spiro atoms. The number of aromatic nitrogens is 2. The van der Waals surface area contributed by atoms with Crippen molar-refractivity contribution >= 4 is 15.9 Å². The van der Waals surface area contributed by atoms with E-state index in [4.69, 9.17) is 8.94 Å². The van der Waals surface area contributed by atoms with Gasteiger partial charge in [0.2, 0.25) is 0 Å². The van der Waals surface area contributed by atoms with E-state index in [2.05, 4.69) is 26.1 Å². The molecular weight excluding hydrogens is 248 g/mol. The average Bonchev–Trinajstić information content (AvgIpc) is 2.76. The Kier molecular flexibility index (Phi) is 1.73. The van der Waals surface area contributed by atoms with E-state index in [1.807, 2.05) is 0 Å². The van der Waals surface area contributed by atoms with Gasteiger partial charge in [0.25, 0.3) is 5.89 Å². The number of hydrogen-bond acceptors (Lipinski definition) is 4. The van der Waals surface area contributed by atoms with Gasteiger partial charge in [0.05, 0.1) is 0 Å². The first kappa shape index (κ1) is 8.23. The zero-order valence-electron chi connectivity index (χ0n) is 7.24. The lowest BCUT2D eigenvalue weighted by atomic mass is 10.4. The Bertz CT molecular complexity index is 459. The Morgan fingerprint density at radius 3 is 2.86 bits per heavy atom. The van der Waals surface area contributed by atoms with Crippen LogP contribution in [0.25, 0.3) is 11.7 Å². The third kappa shape index (κ3) is 1.37. The van der Waals surface area contributed by atoms with Crippen LogP contribution in [0.4, 0.5) is 0 Å². The highest BCUT2D eigenvalue weighted by molar-refractivity contribution is 9.10. The monoisotopic (exact) mass is 254 g/mol. The molecule has 2 aromatic rings. The second-order valence-corrected chi connectivity index (χ2v) is 4.12. The summed E-state index contributed by atoms with van der Waals surface area (Å²) >= 11 is 3.22. The smallest absolute Gasteiger partial charge is 0.293 e. The summed E-state index contributed by atoms with van der Waals surface area (Å²) in [5.74, 6) is 2.37. The molecule has 1 fully saturated rings. The lowest BCUT2D eigenvalue weighted by molar-refractivity contribution is 0.407. The fourth-order valence-corrected chi connectivity index (χ4v) is 1.58. The van der Waals surface area contributed by atoms with Crippen LogP contribution in [0.3, 0.4) is 0 Å². The van der Waals surface area contributed by atoms with Gasteiger partial charge in [0.15, 0.2) is 16.3 Å². The Labute approximate surface area is 88.4 Å². The van der Waals surface area contributed by atoms with Gasteiger partial charge in [-0.25, -0.2) is 0 Å². The summed E-state index contributed by atoms with van der Waals surface area (Å²) in [6.07, 6.45) is 2.33. The molecule has 0 saturated heterocycles. The van der Waals surface area contributed by atoms with Gasteiger partial charge in [-0.3, -0.25) is 0 Å². The van der Waals surface area contributed by atoms with Crippen molar-refractivity contribution in [2.75, 3.05) is 0 Å². The van der Waals surface area contributed by atoms with E-state index in [1.54, 1.807) is 12.1 Å². The van der Waals surface area contributed by atoms with Crippen molar-refractivity contribution in [3.8, 4) is 11.7 Å². The maximum atomic E-state index is 5.30. The Morgan fingerprint density at radius 1 is 1.36 bits per heavy atom. The van der Waals surface area contributed by atoms with Gasteiger partial charge in [-0.1, -0.05) is 5.16 Å². The molecular formula is C9H7BrN2O2. The van der Waals surface area contributed by atoms with Crippen molar-refractivity contribution in [1.29, 1.82) is 0 Å². The fourth-order valence-electron chi connectivity index (χ4n) is 1.27. The summed E-state index contributed by atoms with van der Waals surface area (Å²) in [5, 5.41) is 3.90. The predicted octanol–water partition coefficient (Wildman–Crippen LogP) is 2.97. The lowest BCUT2D eigenvalue weighted by Gasteiger charge is -1.83. The van der Waals surface area contributed by atoms with E-state index in [1.165, 1.54) is 12.8 Å². The first-order valence-electron chi connectivity index (χ1n) is 4.42. The van der Waals surface area contributed by atoms with Gasteiger partial charge in [-0.15, -0.1) is 0 Å². The fraction of sp³-hybridized carbons (Fsp3) is 0.333. The van der Waals surface area contributed by atoms with E-state index >= 15 is 0 Å². The molecule has 0 aromatic carbocycles. The zero-order valence-corrected chi connectivity index (χ0v) is 8.82. The average molecular weight is 255 g/mol. The van der Waals surface area contributed by atoms with Gasteiger partial charge >= 0.3 is 0 Å². The highest BCUT2D eigenvalue weighted by atomic mass is 79.9. The molecule has 0 N–H and O–H groups in total. The molecule has 0 bridgehead atoms. The second kappa shape index (κ2) is 2.95. The molecule has 72 valence electrons. The molecule has 0 radical (unpaired) electrons. The number of halogens is 1. The van der Waals surface area contributed by atoms with Crippen LogP contribution in [-0.4, -0.2) is 10.1 Å². The molecule has 2 aromatic heterocycles. The summed E-state index contributed by atoms with van der Waals surface area (Å²) in [4.78, 5) is 4.26. The molecule has 14 heavy (non-hydrogen) atoms. The molecule has 3 rings (SSSR count). The summed E-state index contributed by atoms with van der Waals surface area (Å²) in [6.45, 7) is 0. The van der Waals surface area contributed by atoms with E-state index < -0.39 is 0 Å². The molecule has 0 amide bonds. The SMILES string of the molecule is Brc1ccc(-c2nc(C3CC3)no2)o1. The highest BCUT2D eigenvalue weighted by Gasteiger charge is 2.29. The van der Waals surface area contributed by atoms with Crippen LogP contribution >= 0.6 is 15.9 Å². The molecule has 5 heteroatoms. The van der Waals surface area contributed by atoms with Gasteiger partial charge in [0, 0.05) is 5.92 Å². The Morgan fingerprint density at radius 2 is 2.21 bits per heavy atom. The normalized spacial score (nSPS) is 16.1.